The van der Waals surface area contributed by atoms with Crippen LogP contribution in [0.25, 0.3) is 11.0 Å². The van der Waals surface area contributed by atoms with Crippen LogP contribution in [0.2, 0.25) is 0 Å². The number of hydrogen-bond acceptors (Lipinski definition) is 6. The highest BCUT2D eigenvalue weighted by Gasteiger charge is 2.30. The topological polar surface area (TPSA) is 98.0 Å². The van der Waals surface area contributed by atoms with E-state index in [1.54, 1.807) is 18.2 Å². The van der Waals surface area contributed by atoms with Crippen LogP contribution in [0.3, 0.4) is 0 Å². The van der Waals surface area contributed by atoms with Crippen molar-refractivity contribution >= 4 is 21.0 Å². The van der Waals surface area contributed by atoms with Gasteiger partial charge in [0.05, 0.1) is 18.1 Å². The zero-order chi connectivity index (χ0) is 19.8. The number of para-hydroxylation sites is 1. The molecular formula is C20H21NO6S. The van der Waals surface area contributed by atoms with E-state index in [1.807, 2.05) is 18.2 Å². The van der Waals surface area contributed by atoms with Gasteiger partial charge in [-0.2, -0.15) is 0 Å². The van der Waals surface area contributed by atoms with Crippen LogP contribution in [0, 0.1) is 0 Å². The minimum Gasteiger partial charge on any atom is -0.490 e. The number of aliphatic hydroxyl groups is 1. The zero-order valence-electron chi connectivity index (χ0n) is 15.3. The predicted octanol–water partition coefficient (Wildman–Crippen LogP) is 2.78. The second-order valence-electron chi connectivity index (χ2n) is 6.91. The zero-order valence-corrected chi connectivity index (χ0v) is 16.2. The molecule has 0 fully saturated rings. The Kier molecular flexibility index (Phi) is 4.78. The van der Waals surface area contributed by atoms with Crippen LogP contribution >= 0.6 is 0 Å². The third kappa shape index (κ3) is 3.71. The molecule has 0 saturated carbocycles. The monoisotopic (exact) mass is 403 g/mol. The van der Waals surface area contributed by atoms with Gasteiger partial charge in [-0.05, 0) is 31.2 Å². The summed E-state index contributed by atoms with van der Waals surface area (Å²) in [5, 5.41) is 11.6. The average molecular weight is 403 g/mol. The number of furan rings is 1. The lowest BCUT2D eigenvalue weighted by Gasteiger charge is -2.21. The lowest BCUT2D eigenvalue weighted by Crippen LogP contribution is -2.38. The first kappa shape index (κ1) is 18.8. The van der Waals surface area contributed by atoms with Gasteiger partial charge in [0, 0.05) is 24.4 Å². The van der Waals surface area contributed by atoms with Gasteiger partial charge in [0.15, 0.2) is 11.5 Å². The summed E-state index contributed by atoms with van der Waals surface area (Å²) < 4.78 is 44.6. The Morgan fingerprint density at radius 3 is 2.61 bits per heavy atom. The number of ether oxygens (including phenoxy) is 2. The summed E-state index contributed by atoms with van der Waals surface area (Å²) in [5.41, 5.74) is -0.888. The van der Waals surface area contributed by atoms with E-state index in [1.165, 1.54) is 19.1 Å². The molecule has 1 aliphatic rings. The summed E-state index contributed by atoms with van der Waals surface area (Å²) in [6, 6.07) is 13.5. The second-order valence-corrected chi connectivity index (χ2v) is 8.67. The van der Waals surface area contributed by atoms with Crippen LogP contribution in [0.4, 0.5) is 0 Å². The molecule has 2 N–H and O–H groups in total. The summed E-state index contributed by atoms with van der Waals surface area (Å²) in [6.45, 7) is 2.24. The summed E-state index contributed by atoms with van der Waals surface area (Å²) in [7, 11) is -3.86. The SMILES string of the molecule is CC(O)(CNS(=O)(=O)c1ccc2c(c1)OCCCO2)c1cc2ccccc2o1. The van der Waals surface area contributed by atoms with Crippen LogP contribution in [0.15, 0.2) is 57.8 Å². The van der Waals surface area contributed by atoms with Gasteiger partial charge in [0.2, 0.25) is 10.0 Å². The van der Waals surface area contributed by atoms with Crippen LogP contribution in [0.1, 0.15) is 19.1 Å². The van der Waals surface area contributed by atoms with Crippen LogP contribution in [-0.2, 0) is 15.6 Å². The van der Waals surface area contributed by atoms with Crippen molar-refractivity contribution in [2.24, 2.45) is 0 Å². The van der Waals surface area contributed by atoms with E-state index in [4.69, 9.17) is 13.9 Å². The molecule has 0 bridgehead atoms. The first-order valence-electron chi connectivity index (χ1n) is 8.96. The van der Waals surface area contributed by atoms with Gasteiger partial charge >= 0.3 is 0 Å². The molecule has 1 aliphatic heterocycles. The molecule has 0 aliphatic carbocycles. The van der Waals surface area contributed by atoms with E-state index in [0.717, 1.165) is 11.8 Å². The molecule has 0 saturated heterocycles. The lowest BCUT2D eigenvalue weighted by molar-refractivity contribution is 0.0412. The summed E-state index contributed by atoms with van der Waals surface area (Å²) in [6.07, 6.45) is 0.732. The molecule has 7 nitrogen and oxygen atoms in total. The molecule has 1 atom stereocenters. The Bertz CT molecular complexity index is 1070. The molecule has 1 unspecified atom stereocenters. The van der Waals surface area contributed by atoms with E-state index in [-0.39, 0.29) is 17.2 Å². The minimum atomic E-state index is -3.86. The van der Waals surface area contributed by atoms with Crippen molar-refractivity contribution in [1.29, 1.82) is 0 Å². The van der Waals surface area contributed by atoms with Crippen molar-refractivity contribution in [1.82, 2.24) is 4.72 Å². The van der Waals surface area contributed by atoms with Gasteiger partial charge in [0.25, 0.3) is 0 Å². The first-order valence-corrected chi connectivity index (χ1v) is 10.4. The Hall–Kier alpha value is -2.55. The molecule has 3 aromatic rings. The summed E-state index contributed by atoms with van der Waals surface area (Å²) >= 11 is 0. The maximum atomic E-state index is 12.7. The standard InChI is InChI=1S/C20H21NO6S/c1-20(22,19-11-14-5-2-3-6-16(14)27-19)13-21-28(23,24)15-7-8-17-18(12-15)26-10-4-9-25-17/h2-3,5-8,11-12,21-22H,4,9-10,13H2,1H3. The van der Waals surface area contributed by atoms with Gasteiger partial charge in [-0.25, -0.2) is 13.1 Å². The van der Waals surface area contributed by atoms with Crippen LogP contribution in [-0.4, -0.2) is 33.3 Å². The van der Waals surface area contributed by atoms with Gasteiger partial charge in [-0.15, -0.1) is 0 Å². The largest absolute Gasteiger partial charge is 0.490 e. The normalized spacial score (nSPS) is 16.5. The molecule has 148 valence electrons. The molecule has 0 spiro atoms. The molecule has 2 aromatic carbocycles. The molecule has 4 rings (SSSR count). The van der Waals surface area contributed by atoms with Crippen molar-refractivity contribution in [2.75, 3.05) is 19.8 Å². The second kappa shape index (κ2) is 7.12. The van der Waals surface area contributed by atoms with Crippen molar-refractivity contribution in [3.05, 3.63) is 54.3 Å². The Morgan fingerprint density at radius 2 is 1.82 bits per heavy atom. The van der Waals surface area contributed by atoms with Crippen LogP contribution in [0.5, 0.6) is 11.5 Å². The number of nitrogens with one attached hydrogen (secondary N) is 1. The summed E-state index contributed by atoms with van der Waals surface area (Å²) in [5.74, 6) is 1.20. The number of sulfonamides is 1. The van der Waals surface area contributed by atoms with E-state index >= 15 is 0 Å². The first-order chi connectivity index (χ1) is 13.4. The van der Waals surface area contributed by atoms with Gasteiger partial charge < -0.3 is 19.0 Å². The lowest BCUT2D eigenvalue weighted by atomic mass is 10.0. The van der Waals surface area contributed by atoms with E-state index < -0.39 is 15.6 Å². The van der Waals surface area contributed by atoms with E-state index in [0.29, 0.717) is 30.3 Å². The van der Waals surface area contributed by atoms with Gasteiger partial charge in [0.1, 0.15) is 16.9 Å². The Balaban J connectivity index is 1.53. The van der Waals surface area contributed by atoms with E-state index in [9.17, 15) is 13.5 Å². The Labute approximate surface area is 162 Å². The molecule has 1 aromatic heterocycles. The fraction of sp³-hybridized carbons (Fsp3) is 0.300. The maximum absolute atomic E-state index is 12.7. The fourth-order valence-corrected chi connectivity index (χ4v) is 4.11. The Morgan fingerprint density at radius 1 is 1.07 bits per heavy atom. The third-order valence-corrected chi connectivity index (χ3v) is 5.99. The number of benzene rings is 2. The molecule has 2 heterocycles. The highest BCUT2D eigenvalue weighted by Crippen LogP contribution is 2.32. The van der Waals surface area contributed by atoms with Crippen LogP contribution < -0.4 is 14.2 Å². The molecule has 0 amide bonds. The maximum Gasteiger partial charge on any atom is 0.240 e. The third-order valence-electron chi connectivity index (χ3n) is 4.59. The molecule has 0 radical (unpaired) electrons. The smallest absolute Gasteiger partial charge is 0.240 e. The highest BCUT2D eigenvalue weighted by molar-refractivity contribution is 7.89. The highest BCUT2D eigenvalue weighted by atomic mass is 32.2. The van der Waals surface area contributed by atoms with E-state index in [2.05, 4.69) is 4.72 Å². The molecule has 8 heteroatoms. The fourth-order valence-electron chi connectivity index (χ4n) is 2.96. The summed E-state index contributed by atoms with van der Waals surface area (Å²) in [4.78, 5) is 0.0390. The average Bonchev–Trinajstić information content (AvgIpc) is 2.99. The number of fused-ring (bicyclic) bond motifs is 2. The number of hydrogen-bond donors (Lipinski definition) is 2. The van der Waals surface area contributed by atoms with Crippen molar-refractivity contribution in [2.45, 2.75) is 23.8 Å². The molecule has 28 heavy (non-hydrogen) atoms. The van der Waals surface area contributed by atoms with Crippen molar-refractivity contribution in [3.63, 3.8) is 0 Å². The van der Waals surface area contributed by atoms with Gasteiger partial charge in [-0.1, -0.05) is 18.2 Å². The number of rotatable bonds is 5. The predicted molar refractivity (Wildman–Crippen MR) is 103 cm³/mol. The van der Waals surface area contributed by atoms with Crippen molar-refractivity contribution < 1.29 is 27.4 Å². The molecular weight excluding hydrogens is 382 g/mol. The van der Waals surface area contributed by atoms with Gasteiger partial charge in [-0.3, -0.25) is 0 Å². The van der Waals surface area contributed by atoms with Crippen molar-refractivity contribution in [3.8, 4) is 11.5 Å². The minimum absolute atomic E-state index is 0.0390. The quantitative estimate of drug-likeness (QED) is 0.680.